The number of nitrogens with zero attached hydrogens (tertiary/aromatic N) is 3. The lowest BCUT2D eigenvalue weighted by atomic mass is 9.92. The molecule has 0 saturated heterocycles. The number of fused-ring (bicyclic) bond motifs is 1. The van der Waals surface area contributed by atoms with Gasteiger partial charge in [-0.05, 0) is 65.1 Å². The molecule has 0 fully saturated rings. The topological polar surface area (TPSA) is 144 Å². The maximum absolute atomic E-state index is 13.1. The molecule has 0 spiro atoms. The second-order valence-electron chi connectivity index (χ2n) is 11.8. The first-order valence-corrected chi connectivity index (χ1v) is 15.8. The van der Waals surface area contributed by atoms with Crippen molar-refractivity contribution >= 4 is 39.1 Å². The summed E-state index contributed by atoms with van der Waals surface area (Å²) >= 11 is 0. The maximum atomic E-state index is 13.1. The predicted molar refractivity (Wildman–Crippen MR) is 172 cm³/mol. The van der Waals surface area contributed by atoms with Gasteiger partial charge in [-0.25, -0.2) is 22.0 Å². The van der Waals surface area contributed by atoms with Gasteiger partial charge in [-0.2, -0.15) is 4.98 Å². The molecule has 3 aromatic carbocycles. The van der Waals surface area contributed by atoms with Crippen LogP contribution in [0.3, 0.4) is 0 Å². The molecular weight excluding hydrogens is 611 g/mol. The molecule has 2 amide bonds. The molecule has 0 saturated carbocycles. The summed E-state index contributed by atoms with van der Waals surface area (Å²) in [5.41, 5.74) is 3.58. The van der Waals surface area contributed by atoms with Gasteiger partial charge < -0.3 is 15.4 Å². The first-order valence-electron chi connectivity index (χ1n) is 14.3. The molecule has 0 atom stereocenters. The Morgan fingerprint density at radius 1 is 0.935 bits per heavy atom. The van der Waals surface area contributed by atoms with Crippen LogP contribution in [0.25, 0.3) is 16.8 Å². The number of carbonyl (C=O) groups is 2. The Morgan fingerprint density at radius 2 is 1.63 bits per heavy atom. The Labute approximate surface area is 265 Å². The number of rotatable bonds is 10. The van der Waals surface area contributed by atoms with E-state index in [0.29, 0.717) is 16.9 Å². The largest absolute Gasteiger partial charge is 0.495 e. The zero-order valence-corrected chi connectivity index (χ0v) is 26.5. The van der Waals surface area contributed by atoms with Crippen molar-refractivity contribution in [2.75, 3.05) is 12.4 Å². The number of amides is 2. The van der Waals surface area contributed by atoms with Crippen LogP contribution in [0.4, 0.5) is 16.0 Å². The second-order valence-corrected chi connectivity index (χ2v) is 13.5. The molecule has 0 radical (unpaired) electrons. The minimum Gasteiger partial charge on any atom is -0.495 e. The van der Waals surface area contributed by atoms with E-state index in [-0.39, 0.29) is 46.7 Å². The molecule has 5 aromatic rings. The van der Waals surface area contributed by atoms with Crippen molar-refractivity contribution < 1.29 is 27.1 Å². The molecule has 2 aromatic heterocycles. The highest BCUT2D eigenvalue weighted by molar-refractivity contribution is 7.90. The molecule has 2 heterocycles. The summed E-state index contributed by atoms with van der Waals surface area (Å²) in [4.78, 5) is 29.2. The van der Waals surface area contributed by atoms with Gasteiger partial charge in [0.25, 0.3) is 15.9 Å². The quantitative estimate of drug-likeness (QED) is 0.182. The van der Waals surface area contributed by atoms with E-state index in [0.717, 1.165) is 16.7 Å². The molecule has 3 N–H and O–H groups in total. The van der Waals surface area contributed by atoms with Crippen molar-refractivity contribution in [1.82, 2.24) is 24.6 Å². The van der Waals surface area contributed by atoms with E-state index in [1.807, 2.05) is 39.0 Å². The third kappa shape index (κ3) is 7.85. The van der Waals surface area contributed by atoms with E-state index in [1.54, 1.807) is 41.0 Å². The van der Waals surface area contributed by atoms with Crippen LogP contribution in [0, 0.1) is 11.2 Å². The van der Waals surface area contributed by atoms with Crippen LogP contribution in [-0.2, 0) is 21.4 Å². The SMILES string of the molecule is COc1cc(S(=O)(=O)NC(=O)CC(C)(C)C)ccc1Nc1nc2ccc(-c3ccc(C(=O)NCc4ccc(F)cc4)cc3)cn2n1. The van der Waals surface area contributed by atoms with Gasteiger partial charge in [-0.1, -0.05) is 45.0 Å². The third-order valence-corrected chi connectivity index (χ3v) is 8.22. The van der Waals surface area contributed by atoms with Gasteiger partial charge >= 0.3 is 0 Å². The standard InChI is InChI=1S/C33H33FN6O5S/c1-33(2,3)18-30(41)39-46(43,44)26-14-15-27(28(17-26)45-4)36-32-37-29-16-11-24(20-40(29)38-32)22-7-9-23(10-8-22)31(42)35-19-21-5-12-25(34)13-6-21/h5-17,20H,18-19H2,1-4H3,(H,35,42)(H,36,38)(H,39,41). The fourth-order valence-electron chi connectivity index (χ4n) is 4.60. The third-order valence-electron chi connectivity index (χ3n) is 6.85. The van der Waals surface area contributed by atoms with Gasteiger partial charge in [0.1, 0.15) is 11.6 Å². The van der Waals surface area contributed by atoms with Gasteiger partial charge in [0.2, 0.25) is 11.9 Å². The average Bonchev–Trinajstić information content (AvgIpc) is 3.41. The fourth-order valence-corrected chi connectivity index (χ4v) is 5.60. The van der Waals surface area contributed by atoms with Crippen LogP contribution in [0.5, 0.6) is 5.75 Å². The number of sulfonamides is 1. The molecule has 0 bridgehead atoms. The van der Waals surface area contributed by atoms with E-state index in [2.05, 4.69) is 25.4 Å². The van der Waals surface area contributed by atoms with E-state index in [1.165, 1.54) is 37.4 Å². The van der Waals surface area contributed by atoms with Crippen LogP contribution in [0.15, 0.2) is 90.0 Å². The number of benzene rings is 3. The van der Waals surface area contributed by atoms with Crippen LogP contribution in [0.2, 0.25) is 0 Å². The first-order chi connectivity index (χ1) is 21.8. The van der Waals surface area contributed by atoms with Gasteiger partial charge in [0.15, 0.2) is 5.65 Å². The number of hydrogen-bond donors (Lipinski definition) is 3. The number of aromatic nitrogens is 3. The smallest absolute Gasteiger partial charge is 0.264 e. The molecule has 0 aliphatic rings. The number of methoxy groups -OCH3 is 1. The lowest BCUT2D eigenvalue weighted by Gasteiger charge is -2.17. The summed E-state index contributed by atoms with van der Waals surface area (Å²) in [5, 5.41) is 10.4. The highest BCUT2D eigenvalue weighted by Gasteiger charge is 2.23. The van der Waals surface area contributed by atoms with Crippen molar-refractivity contribution in [1.29, 1.82) is 0 Å². The number of anilines is 2. The van der Waals surface area contributed by atoms with Crippen molar-refractivity contribution in [2.24, 2.45) is 5.41 Å². The number of pyridine rings is 1. The Bertz CT molecular complexity index is 2000. The molecule has 0 aliphatic carbocycles. The predicted octanol–water partition coefficient (Wildman–Crippen LogP) is 5.46. The molecule has 238 valence electrons. The van der Waals surface area contributed by atoms with Crippen molar-refractivity contribution in [2.45, 2.75) is 38.6 Å². The molecule has 5 rings (SSSR count). The molecule has 0 aliphatic heterocycles. The van der Waals surface area contributed by atoms with E-state index >= 15 is 0 Å². The molecule has 13 heteroatoms. The summed E-state index contributed by atoms with van der Waals surface area (Å²) in [6, 6.07) is 20.9. The Hall–Kier alpha value is -5.30. The average molecular weight is 645 g/mol. The Balaban J connectivity index is 1.27. The number of halogens is 1. The zero-order chi connectivity index (χ0) is 33.1. The zero-order valence-electron chi connectivity index (χ0n) is 25.7. The van der Waals surface area contributed by atoms with E-state index in [4.69, 9.17) is 4.74 Å². The first kappa shape index (κ1) is 32.1. The van der Waals surface area contributed by atoms with Gasteiger partial charge in [-0.15, -0.1) is 5.10 Å². The molecule has 11 nitrogen and oxygen atoms in total. The van der Waals surface area contributed by atoms with E-state index in [9.17, 15) is 22.4 Å². The van der Waals surface area contributed by atoms with Crippen molar-refractivity contribution in [3.05, 3.63) is 102 Å². The Kier molecular flexibility index (Phi) is 9.05. The van der Waals surface area contributed by atoms with Crippen LogP contribution < -0.4 is 20.1 Å². The highest BCUT2D eigenvalue weighted by Crippen LogP contribution is 2.30. The van der Waals surface area contributed by atoms with Crippen LogP contribution >= 0.6 is 0 Å². The van der Waals surface area contributed by atoms with Crippen molar-refractivity contribution in [3.8, 4) is 16.9 Å². The summed E-state index contributed by atoms with van der Waals surface area (Å²) in [5.74, 6) is -0.709. The van der Waals surface area contributed by atoms with Crippen LogP contribution in [0.1, 0.15) is 43.1 Å². The highest BCUT2D eigenvalue weighted by atomic mass is 32.2. The molecular formula is C33H33FN6O5S. The second kappa shape index (κ2) is 13.0. The van der Waals surface area contributed by atoms with Gasteiger partial charge in [0.05, 0.1) is 17.7 Å². The van der Waals surface area contributed by atoms with Crippen LogP contribution in [-0.4, -0.2) is 41.9 Å². The fraction of sp³-hybridized carbons (Fsp3) is 0.212. The van der Waals surface area contributed by atoms with Gasteiger partial charge in [-0.3, -0.25) is 9.59 Å². The van der Waals surface area contributed by atoms with E-state index < -0.39 is 15.9 Å². The normalized spacial score (nSPS) is 11.7. The summed E-state index contributed by atoms with van der Waals surface area (Å²) in [6.45, 7) is 5.82. The maximum Gasteiger partial charge on any atom is 0.264 e. The number of carbonyl (C=O) groups excluding carboxylic acids is 2. The monoisotopic (exact) mass is 644 g/mol. The van der Waals surface area contributed by atoms with Crippen molar-refractivity contribution in [3.63, 3.8) is 0 Å². The molecule has 46 heavy (non-hydrogen) atoms. The minimum absolute atomic E-state index is 0.0484. The lowest BCUT2D eigenvalue weighted by Crippen LogP contribution is -2.33. The lowest BCUT2D eigenvalue weighted by molar-refractivity contribution is -0.121. The summed E-state index contributed by atoms with van der Waals surface area (Å²) in [7, 11) is -2.70. The minimum atomic E-state index is -4.11. The Morgan fingerprint density at radius 3 is 2.30 bits per heavy atom. The number of nitrogens with one attached hydrogen (secondary N) is 3. The summed E-state index contributed by atoms with van der Waals surface area (Å²) in [6.07, 6.45) is 1.84. The number of ether oxygens (including phenoxy) is 1. The number of hydrogen-bond acceptors (Lipinski definition) is 8. The molecule has 0 unspecified atom stereocenters. The summed E-state index contributed by atoms with van der Waals surface area (Å²) < 4.78 is 47.8. The van der Waals surface area contributed by atoms with Gasteiger partial charge in [0, 0.05) is 36.4 Å².